The summed E-state index contributed by atoms with van der Waals surface area (Å²) in [5.41, 5.74) is 1.99. The van der Waals surface area contributed by atoms with Gasteiger partial charge in [-0.2, -0.15) is 0 Å². The first kappa shape index (κ1) is 18.0. The number of sulfone groups is 1. The zero-order valence-corrected chi connectivity index (χ0v) is 15.5. The molecular weight excluding hydrogens is 402 g/mol. The summed E-state index contributed by atoms with van der Waals surface area (Å²) in [5.74, 6) is -0.260. The summed E-state index contributed by atoms with van der Waals surface area (Å²) in [5, 5.41) is 3.17. The van der Waals surface area contributed by atoms with Crippen LogP contribution in [0.4, 0.5) is 0 Å². The molecule has 0 saturated carbocycles. The fraction of sp³-hybridized carbons (Fsp3) is 0.188. The molecule has 0 aliphatic rings. The first-order valence-corrected chi connectivity index (χ1v) is 9.96. The third kappa shape index (κ3) is 5.64. The van der Waals surface area contributed by atoms with Crippen molar-refractivity contribution in [2.75, 3.05) is 6.26 Å². The highest BCUT2D eigenvalue weighted by atomic mass is 79.9. The average molecular weight is 417 g/mol. The van der Waals surface area contributed by atoms with Crippen LogP contribution in [0.5, 0.6) is 0 Å². The van der Waals surface area contributed by atoms with Crippen molar-refractivity contribution in [3.8, 4) is 0 Å². The van der Waals surface area contributed by atoms with Crippen molar-refractivity contribution < 1.29 is 13.2 Å². The Hall–Kier alpha value is -1.37. The molecule has 2 aromatic carbocycles. The van der Waals surface area contributed by atoms with Crippen LogP contribution in [0.1, 0.15) is 21.5 Å². The van der Waals surface area contributed by atoms with Gasteiger partial charge in [-0.1, -0.05) is 51.8 Å². The topological polar surface area (TPSA) is 63.2 Å². The maximum absolute atomic E-state index is 12.1. The van der Waals surface area contributed by atoms with Crippen molar-refractivity contribution in [2.24, 2.45) is 0 Å². The normalized spacial score (nSPS) is 11.3. The molecule has 122 valence electrons. The van der Waals surface area contributed by atoms with E-state index in [0.29, 0.717) is 17.1 Å². The summed E-state index contributed by atoms with van der Waals surface area (Å²) in [6, 6.07) is 12.2. The third-order valence-electron chi connectivity index (χ3n) is 3.08. The first-order valence-electron chi connectivity index (χ1n) is 6.73. The largest absolute Gasteiger partial charge is 0.348 e. The molecule has 0 aliphatic carbocycles. The highest BCUT2D eigenvalue weighted by molar-refractivity contribution is 9.10. The van der Waals surface area contributed by atoms with Crippen LogP contribution in [0.3, 0.4) is 0 Å². The average Bonchev–Trinajstić information content (AvgIpc) is 2.47. The molecular formula is C16H15BrClNO3S. The van der Waals surface area contributed by atoms with Crippen LogP contribution < -0.4 is 5.32 Å². The lowest BCUT2D eigenvalue weighted by Gasteiger charge is -2.08. The van der Waals surface area contributed by atoms with Crippen LogP contribution in [0.25, 0.3) is 0 Å². The van der Waals surface area contributed by atoms with Crippen molar-refractivity contribution in [1.29, 1.82) is 0 Å². The monoisotopic (exact) mass is 415 g/mol. The van der Waals surface area contributed by atoms with Crippen LogP contribution in [0.15, 0.2) is 46.9 Å². The fourth-order valence-corrected chi connectivity index (χ4v) is 3.37. The van der Waals surface area contributed by atoms with Crippen LogP contribution in [0, 0.1) is 0 Å². The fourth-order valence-electron chi connectivity index (χ4n) is 2.01. The number of benzene rings is 2. The van der Waals surface area contributed by atoms with Gasteiger partial charge in [0.05, 0.1) is 16.3 Å². The molecule has 0 fully saturated rings. The number of rotatable bonds is 5. The number of amides is 1. The Bertz CT molecular complexity index is 820. The van der Waals surface area contributed by atoms with Gasteiger partial charge in [-0.25, -0.2) is 8.42 Å². The zero-order chi connectivity index (χ0) is 17.0. The van der Waals surface area contributed by atoms with Crippen LogP contribution >= 0.6 is 27.5 Å². The van der Waals surface area contributed by atoms with E-state index in [9.17, 15) is 13.2 Å². The standard InChI is InChI=1S/C16H15BrClNO3S/c1-23(21,22)10-12-4-2-11(3-5-12)9-19-16(20)14-8-13(17)6-7-15(14)18/h2-8H,9-10H2,1H3,(H,19,20). The first-order chi connectivity index (χ1) is 10.7. The lowest BCUT2D eigenvalue weighted by molar-refractivity contribution is 0.0951. The van der Waals surface area contributed by atoms with Gasteiger partial charge in [-0.05, 0) is 29.3 Å². The molecule has 2 rings (SSSR count). The molecule has 4 nitrogen and oxygen atoms in total. The Kier molecular flexibility index (Phi) is 5.84. The van der Waals surface area contributed by atoms with Crippen molar-refractivity contribution in [3.05, 3.63) is 68.7 Å². The summed E-state index contributed by atoms with van der Waals surface area (Å²) in [6.07, 6.45) is 1.20. The van der Waals surface area contributed by atoms with Gasteiger partial charge < -0.3 is 5.32 Å². The smallest absolute Gasteiger partial charge is 0.253 e. The zero-order valence-electron chi connectivity index (χ0n) is 12.3. The lowest BCUT2D eigenvalue weighted by Crippen LogP contribution is -2.23. The summed E-state index contributed by atoms with van der Waals surface area (Å²) >= 11 is 9.32. The Morgan fingerprint density at radius 2 is 1.74 bits per heavy atom. The van der Waals surface area contributed by atoms with Crippen molar-refractivity contribution in [2.45, 2.75) is 12.3 Å². The molecule has 0 spiro atoms. The molecule has 0 aromatic heterocycles. The van der Waals surface area contributed by atoms with E-state index in [4.69, 9.17) is 11.6 Å². The molecule has 0 atom stereocenters. The molecule has 0 radical (unpaired) electrons. The number of carbonyl (C=O) groups excluding carboxylic acids is 1. The maximum Gasteiger partial charge on any atom is 0.253 e. The van der Waals surface area contributed by atoms with Crippen LogP contribution in [0.2, 0.25) is 5.02 Å². The third-order valence-corrected chi connectivity index (χ3v) is 4.76. The number of halogens is 2. The van der Waals surface area contributed by atoms with Gasteiger partial charge in [0.15, 0.2) is 9.84 Å². The van der Waals surface area contributed by atoms with E-state index in [1.807, 2.05) is 0 Å². The van der Waals surface area contributed by atoms with Crippen LogP contribution in [-0.4, -0.2) is 20.6 Å². The number of nitrogens with one attached hydrogen (secondary N) is 1. The van der Waals surface area contributed by atoms with Gasteiger partial charge in [-0.15, -0.1) is 0 Å². The molecule has 0 heterocycles. The minimum atomic E-state index is -3.05. The molecule has 0 unspecified atom stereocenters. The Morgan fingerprint density at radius 3 is 2.35 bits per heavy atom. The highest BCUT2D eigenvalue weighted by Gasteiger charge is 2.11. The predicted octanol–water partition coefficient (Wildman–Crippen LogP) is 3.58. The highest BCUT2D eigenvalue weighted by Crippen LogP contribution is 2.21. The number of hydrogen-bond acceptors (Lipinski definition) is 3. The SMILES string of the molecule is CS(=O)(=O)Cc1ccc(CNC(=O)c2cc(Br)ccc2Cl)cc1. The Morgan fingerprint density at radius 1 is 1.13 bits per heavy atom. The summed E-state index contributed by atoms with van der Waals surface area (Å²) in [6.45, 7) is 0.334. The van der Waals surface area contributed by atoms with Gasteiger partial charge in [0.25, 0.3) is 5.91 Å². The van der Waals surface area contributed by atoms with Gasteiger partial charge in [0.1, 0.15) is 0 Å². The lowest BCUT2D eigenvalue weighted by atomic mass is 10.1. The number of hydrogen-bond donors (Lipinski definition) is 1. The quantitative estimate of drug-likeness (QED) is 0.810. The van der Waals surface area contributed by atoms with Crippen molar-refractivity contribution in [3.63, 3.8) is 0 Å². The van der Waals surface area contributed by atoms with Gasteiger partial charge >= 0.3 is 0 Å². The second-order valence-corrected chi connectivity index (χ2v) is 8.66. The summed E-state index contributed by atoms with van der Waals surface area (Å²) in [7, 11) is -3.05. The van der Waals surface area contributed by atoms with E-state index in [-0.39, 0.29) is 11.7 Å². The number of carbonyl (C=O) groups is 1. The van der Waals surface area contributed by atoms with E-state index in [1.165, 1.54) is 6.26 Å². The second-order valence-electron chi connectivity index (χ2n) is 5.19. The minimum Gasteiger partial charge on any atom is -0.348 e. The Balaban J connectivity index is 2.00. The van der Waals surface area contributed by atoms with Crippen LogP contribution in [-0.2, 0) is 22.1 Å². The van der Waals surface area contributed by atoms with E-state index >= 15 is 0 Å². The van der Waals surface area contributed by atoms with Crippen molar-refractivity contribution in [1.82, 2.24) is 5.32 Å². The summed E-state index contributed by atoms with van der Waals surface area (Å²) < 4.78 is 23.3. The second kappa shape index (κ2) is 7.47. The molecule has 7 heteroatoms. The molecule has 0 saturated heterocycles. The Labute approximate surface area is 148 Å². The predicted molar refractivity (Wildman–Crippen MR) is 95.3 cm³/mol. The molecule has 1 amide bonds. The van der Waals surface area contributed by atoms with E-state index < -0.39 is 9.84 Å². The van der Waals surface area contributed by atoms with Crippen molar-refractivity contribution >= 4 is 43.3 Å². The molecule has 0 bridgehead atoms. The van der Waals surface area contributed by atoms with Gasteiger partial charge in [0, 0.05) is 17.3 Å². The molecule has 2 aromatic rings. The molecule has 23 heavy (non-hydrogen) atoms. The van der Waals surface area contributed by atoms with E-state index in [2.05, 4.69) is 21.2 Å². The van der Waals surface area contributed by atoms with E-state index in [1.54, 1.807) is 42.5 Å². The molecule has 0 aliphatic heterocycles. The summed E-state index contributed by atoms with van der Waals surface area (Å²) in [4.78, 5) is 12.1. The minimum absolute atomic E-state index is 0.00723. The van der Waals surface area contributed by atoms with E-state index in [0.717, 1.165) is 15.6 Å². The van der Waals surface area contributed by atoms with Gasteiger partial charge in [-0.3, -0.25) is 4.79 Å². The molecule has 1 N–H and O–H groups in total. The van der Waals surface area contributed by atoms with Gasteiger partial charge in [0.2, 0.25) is 0 Å². The maximum atomic E-state index is 12.1.